The van der Waals surface area contributed by atoms with E-state index in [1.807, 2.05) is 85.1 Å². The normalized spacial score (nSPS) is 11.0. The van der Waals surface area contributed by atoms with E-state index >= 15 is 0 Å². The Balaban J connectivity index is 1.05. The maximum atomic E-state index is 5.08. The lowest BCUT2D eigenvalue weighted by atomic mass is 9.89. The van der Waals surface area contributed by atoms with Crippen molar-refractivity contribution in [2.24, 2.45) is 0 Å². The van der Waals surface area contributed by atoms with Gasteiger partial charge in [0.15, 0.2) is 17.5 Å². The SMILES string of the molecule is C=Cc1c(-c2cccc(-c3cccc(-c4cccc(-c5cc(-c6cccnc6)cc(-c6nc(-c7ccccc7)nc(-c7ccccc7)n6)c5)c4)c3)c2)cc2ccccc2c1C=C. The highest BCUT2D eigenvalue weighted by atomic mass is 15.0. The second kappa shape index (κ2) is 16.7. The molecule has 0 aliphatic carbocycles. The van der Waals surface area contributed by atoms with Gasteiger partial charge in [-0.2, -0.15) is 0 Å². The van der Waals surface area contributed by atoms with Crippen molar-refractivity contribution in [3.63, 3.8) is 0 Å². The van der Waals surface area contributed by atoms with Gasteiger partial charge in [-0.3, -0.25) is 4.98 Å². The Hall–Kier alpha value is -8.34. The van der Waals surface area contributed by atoms with Crippen LogP contribution in [0.25, 0.3) is 113 Å². The van der Waals surface area contributed by atoms with Crippen molar-refractivity contribution >= 4 is 22.9 Å². The van der Waals surface area contributed by atoms with Gasteiger partial charge in [0, 0.05) is 34.6 Å². The Labute approximate surface area is 362 Å². The maximum Gasteiger partial charge on any atom is 0.164 e. The fraction of sp³-hybridized carbons (Fsp3) is 0. The topological polar surface area (TPSA) is 51.6 Å². The molecule has 10 aromatic rings. The van der Waals surface area contributed by atoms with Crippen molar-refractivity contribution in [1.29, 1.82) is 0 Å². The second-order valence-electron chi connectivity index (χ2n) is 15.2. The molecule has 0 radical (unpaired) electrons. The lowest BCUT2D eigenvalue weighted by Crippen LogP contribution is -2.00. The third-order valence-corrected chi connectivity index (χ3v) is 11.3. The quantitative estimate of drug-likeness (QED) is 0.138. The van der Waals surface area contributed by atoms with Gasteiger partial charge >= 0.3 is 0 Å². The Morgan fingerprint density at radius 2 is 0.742 bits per heavy atom. The lowest BCUT2D eigenvalue weighted by Gasteiger charge is -2.15. The minimum atomic E-state index is 0.598. The zero-order valence-electron chi connectivity index (χ0n) is 34.0. The number of nitrogens with zero attached hydrogens (tertiary/aromatic N) is 4. The third-order valence-electron chi connectivity index (χ3n) is 11.3. The monoisotopic (exact) mass is 792 g/mol. The molecule has 0 spiro atoms. The molecular weight excluding hydrogens is 753 g/mol. The van der Waals surface area contributed by atoms with Gasteiger partial charge in [0.25, 0.3) is 0 Å². The lowest BCUT2D eigenvalue weighted by molar-refractivity contribution is 1.07. The first-order chi connectivity index (χ1) is 30.6. The average molecular weight is 793 g/mol. The number of benzene rings is 8. The van der Waals surface area contributed by atoms with Crippen LogP contribution in [0.5, 0.6) is 0 Å². The molecule has 0 fully saturated rings. The van der Waals surface area contributed by atoms with Crippen molar-refractivity contribution in [3.05, 3.63) is 231 Å². The van der Waals surface area contributed by atoms with E-state index in [-0.39, 0.29) is 0 Å². The summed E-state index contributed by atoms with van der Waals surface area (Å²) in [6.07, 6.45) is 7.58. The van der Waals surface area contributed by atoms with Crippen molar-refractivity contribution in [2.75, 3.05) is 0 Å². The molecule has 0 atom stereocenters. The largest absolute Gasteiger partial charge is 0.264 e. The van der Waals surface area contributed by atoms with E-state index in [1.54, 1.807) is 6.20 Å². The standard InChI is InChI=1S/C58H40N4/c1-3-52-53(4-2)55(37-47-21-11-12-29-54(47)52)46-27-15-25-44(33-46)42-23-13-22-41(31-42)43-24-14-26-45(32-43)49-34-50(48-28-16-30-59-38-48)36-51(35-49)58-61-56(39-17-7-5-8-18-39)60-57(62-58)40-19-9-6-10-20-40/h3-38H,1-2H2. The number of pyridine rings is 1. The van der Waals surface area contributed by atoms with Crippen molar-refractivity contribution < 1.29 is 0 Å². The summed E-state index contributed by atoms with van der Waals surface area (Å²) in [6.45, 7) is 8.36. The number of hydrogen-bond donors (Lipinski definition) is 0. The first-order valence-corrected chi connectivity index (χ1v) is 20.7. The number of aromatic nitrogens is 4. The maximum absolute atomic E-state index is 5.08. The van der Waals surface area contributed by atoms with Crippen LogP contribution in [-0.2, 0) is 0 Å². The third kappa shape index (κ3) is 7.53. The van der Waals surface area contributed by atoms with Crippen LogP contribution in [0.1, 0.15) is 11.1 Å². The fourth-order valence-electron chi connectivity index (χ4n) is 8.25. The number of fused-ring (bicyclic) bond motifs is 1. The van der Waals surface area contributed by atoms with E-state index < -0.39 is 0 Å². The zero-order chi connectivity index (χ0) is 41.8. The zero-order valence-corrected chi connectivity index (χ0v) is 34.0. The molecule has 0 saturated heterocycles. The first-order valence-electron chi connectivity index (χ1n) is 20.7. The van der Waals surface area contributed by atoms with Gasteiger partial charge in [-0.1, -0.05) is 171 Å². The highest BCUT2D eigenvalue weighted by Gasteiger charge is 2.16. The Bertz CT molecular complexity index is 3210. The second-order valence-corrected chi connectivity index (χ2v) is 15.2. The summed E-state index contributed by atoms with van der Waals surface area (Å²) in [7, 11) is 0. The molecule has 4 nitrogen and oxygen atoms in total. The first kappa shape index (κ1) is 37.9. The smallest absolute Gasteiger partial charge is 0.164 e. The number of rotatable bonds is 10. The predicted molar refractivity (Wildman–Crippen MR) is 259 cm³/mol. The summed E-state index contributed by atoms with van der Waals surface area (Å²) in [6, 6.07) is 67.8. The molecule has 0 unspecified atom stereocenters. The molecule has 8 aromatic carbocycles. The highest BCUT2D eigenvalue weighted by Crippen LogP contribution is 2.38. The Morgan fingerprint density at radius 3 is 1.29 bits per heavy atom. The molecule has 2 aromatic heterocycles. The molecule has 2 heterocycles. The van der Waals surface area contributed by atoms with E-state index in [9.17, 15) is 0 Å². The molecule has 0 aliphatic heterocycles. The van der Waals surface area contributed by atoms with Gasteiger partial charge in [-0.25, -0.2) is 15.0 Å². The van der Waals surface area contributed by atoms with Crippen LogP contribution in [0, 0.1) is 0 Å². The fourth-order valence-corrected chi connectivity index (χ4v) is 8.25. The van der Waals surface area contributed by atoms with Crippen molar-refractivity contribution in [3.8, 4) is 89.8 Å². The minimum absolute atomic E-state index is 0.598. The van der Waals surface area contributed by atoms with E-state index in [4.69, 9.17) is 15.0 Å². The van der Waals surface area contributed by atoms with Crippen LogP contribution in [0.15, 0.2) is 220 Å². The summed E-state index contributed by atoms with van der Waals surface area (Å²) in [4.78, 5) is 19.6. The van der Waals surface area contributed by atoms with E-state index in [1.165, 1.54) is 10.8 Å². The molecule has 292 valence electrons. The Morgan fingerprint density at radius 1 is 0.323 bits per heavy atom. The summed E-state index contributed by atoms with van der Waals surface area (Å²) >= 11 is 0. The molecule has 0 N–H and O–H groups in total. The van der Waals surface area contributed by atoms with E-state index in [0.717, 1.165) is 83.5 Å². The average Bonchev–Trinajstić information content (AvgIpc) is 3.36. The molecule has 0 saturated carbocycles. The molecule has 0 amide bonds. The van der Waals surface area contributed by atoms with Gasteiger partial charge in [-0.15, -0.1) is 0 Å². The van der Waals surface area contributed by atoms with Crippen LogP contribution in [0.2, 0.25) is 0 Å². The predicted octanol–water partition coefficient (Wildman–Crippen LogP) is 15.0. The van der Waals surface area contributed by atoms with Crippen LogP contribution in [0.4, 0.5) is 0 Å². The highest BCUT2D eigenvalue weighted by molar-refractivity contribution is 6.00. The molecule has 4 heteroatoms. The summed E-state index contributed by atoms with van der Waals surface area (Å²) < 4.78 is 0. The summed E-state index contributed by atoms with van der Waals surface area (Å²) in [5.41, 5.74) is 15.9. The van der Waals surface area contributed by atoms with E-state index in [0.29, 0.717) is 17.5 Å². The summed E-state index contributed by atoms with van der Waals surface area (Å²) in [5, 5.41) is 2.35. The van der Waals surface area contributed by atoms with Gasteiger partial charge < -0.3 is 0 Å². The molecule has 0 aliphatic rings. The van der Waals surface area contributed by atoms with Crippen molar-refractivity contribution in [1.82, 2.24) is 19.9 Å². The van der Waals surface area contributed by atoms with Crippen LogP contribution >= 0.6 is 0 Å². The van der Waals surface area contributed by atoms with Crippen molar-refractivity contribution in [2.45, 2.75) is 0 Å². The van der Waals surface area contributed by atoms with Crippen LogP contribution in [0.3, 0.4) is 0 Å². The molecular formula is C58H40N4. The molecule has 10 rings (SSSR count). The van der Waals surface area contributed by atoms with Crippen LogP contribution in [-0.4, -0.2) is 19.9 Å². The van der Waals surface area contributed by atoms with Gasteiger partial charge in [0.05, 0.1) is 0 Å². The molecule has 0 bridgehead atoms. The molecule has 62 heavy (non-hydrogen) atoms. The van der Waals surface area contributed by atoms with Gasteiger partial charge in [0.1, 0.15) is 0 Å². The minimum Gasteiger partial charge on any atom is -0.264 e. The summed E-state index contributed by atoms with van der Waals surface area (Å²) in [5.74, 6) is 1.84. The van der Waals surface area contributed by atoms with E-state index in [2.05, 4.69) is 146 Å². The number of hydrogen-bond acceptors (Lipinski definition) is 4. The Kier molecular flexibility index (Phi) is 10.2. The van der Waals surface area contributed by atoms with Crippen LogP contribution < -0.4 is 0 Å². The van der Waals surface area contributed by atoms with Gasteiger partial charge in [-0.05, 0) is 121 Å². The van der Waals surface area contributed by atoms with Gasteiger partial charge in [0.2, 0.25) is 0 Å².